The van der Waals surface area contributed by atoms with E-state index in [1.54, 1.807) is 29.0 Å². The van der Waals surface area contributed by atoms with Gasteiger partial charge in [-0.3, -0.25) is 20.3 Å². The lowest BCUT2D eigenvalue weighted by Crippen LogP contribution is -2.35. The largest absolute Gasteiger partial charge is 0.315 e. The molecule has 1 N–H and O–H groups in total. The number of hydrogen-bond donors (Lipinski definition) is 1. The van der Waals surface area contributed by atoms with Crippen LogP contribution in [0, 0.1) is 21.4 Å². The molecule has 2 aromatic rings. The number of non-ortho nitro benzene ring substituents is 1. The number of amidine groups is 2. The monoisotopic (exact) mass is 482 g/mol. The highest BCUT2D eigenvalue weighted by Crippen LogP contribution is 2.36. The first-order valence-corrected chi connectivity index (χ1v) is 11.7. The number of nitro benzene ring substituents is 1. The molecular weight excluding hydrogens is 464 g/mol. The van der Waals surface area contributed by atoms with Gasteiger partial charge in [-0.1, -0.05) is 30.9 Å². The van der Waals surface area contributed by atoms with Gasteiger partial charge in [0.15, 0.2) is 5.84 Å². The quantitative estimate of drug-likeness (QED) is 0.363. The third-order valence-corrected chi connectivity index (χ3v) is 7.29. The number of nitro groups is 1. The van der Waals surface area contributed by atoms with Gasteiger partial charge in [-0.15, -0.1) is 0 Å². The average molecular weight is 483 g/mol. The highest BCUT2D eigenvalue weighted by atomic mass is 35.5. The van der Waals surface area contributed by atoms with E-state index in [0.29, 0.717) is 27.5 Å². The number of benzene rings is 1. The van der Waals surface area contributed by atoms with E-state index in [9.17, 15) is 14.9 Å². The van der Waals surface area contributed by atoms with Crippen LogP contribution in [-0.4, -0.2) is 36.5 Å². The molecule has 0 unspecified atom stereocenters. The summed E-state index contributed by atoms with van der Waals surface area (Å²) < 4.78 is 1.64. The zero-order chi connectivity index (χ0) is 23.1. The minimum absolute atomic E-state index is 0.0406. The number of fused-ring (bicyclic) bond motifs is 1. The normalized spacial score (nSPS) is 20.2. The zero-order valence-corrected chi connectivity index (χ0v) is 19.0. The number of amides is 1. The SMILES string of the molecule is N=C1/C(=C\c2cccn2-c2cc([N+](=O)[O-])ccc2Cl)C(=O)N=C2SC(C3CCCCC3)=NN12. The minimum Gasteiger partial charge on any atom is -0.315 e. The van der Waals surface area contributed by atoms with E-state index in [2.05, 4.69) is 10.1 Å². The molecular formula is C22H19ClN6O3S. The first-order valence-electron chi connectivity index (χ1n) is 10.5. The Bertz CT molecular complexity index is 1270. The van der Waals surface area contributed by atoms with Gasteiger partial charge in [0.1, 0.15) is 5.04 Å². The van der Waals surface area contributed by atoms with Crippen LogP contribution in [0.5, 0.6) is 0 Å². The first kappa shape index (κ1) is 21.6. The topological polar surface area (TPSA) is 117 Å². The van der Waals surface area contributed by atoms with Gasteiger partial charge in [-0.05, 0) is 48.9 Å². The summed E-state index contributed by atoms with van der Waals surface area (Å²) in [4.78, 5) is 27.7. The van der Waals surface area contributed by atoms with Crippen LogP contribution in [0.25, 0.3) is 11.8 Å². The second-order valence-electron chi connectivity index (χ2n) is 7.99. The molecule has 11 heteroatoms. The molecule has 2 aliphatic heterocycles. The van der Waals surface area contributed by atoms with Crippen LogP contribution in [0.3, 0.4) is 0 Å². The van der Waals surface area contributed by atoms with Crippen LogP contribution in [0.4, 0.5) is 5.69 Å². The number of carbonyl (C=O) groups excluding carboxylic acids is 1. The Kier molecular flexibility index (Phi) is 5.63. The zero-order valence-electron chi connectivity index (χ0n) is 17.4. The maximum atomic E-state index is 12.8. The van der Waals surface area contributed by atoms with E-state index in [-0.39, 0.29) is 17.1 Å². The summed E-state index contributed by atoms with van der Waals surface area (Å²) in [6, 6.07) is 7.62. The highest BCUT2D eigenvalue weighted by Gasteiger charge is 2.38. The van der Waals surface area contributed by atoms with E-state index >= 15 is 0 Å². The molecule has 33 heavy (non-hydrogen) atoms. The molecule has 168 valence electrons. The third-order valence-electron chi connectivity index (χ3n) is 5.90. The van der Waals surface area contributed by atoms with E-state index in [4.69, 9.17) is 17.0 Å². The van der Waals surface area contributed by atoms with E-state index in [0.717, 1.165) is 30.7 Å². The maximum absolute atomic E-state index is 12.8. The third kappa shape index (κ3) is 4.00. The van der Waals surface area contributed by atoms with E-state index in [1.165, 1.54) is 41.4 Å². The standard InChI is InChI=1S/C22H19ClN6O3S/c23-17-9-8-15(29(31)32)12-18(17)27-10-4-7-14(27)11-16-19(24)28-22(25-20(16)30)33-21(26-28)13-5-2-1-3-6-13/h4,7-13,24H,1-3,5-6H2/b16-11+,24-19?. The second kappa shape index (κ2) is 8.60. The van der Waals surface area contributed by atoms with Gasteiger partial charge in [0.25, 0.3) is 11.6 Å². The minimum atomic E-state index is -0.517. The Morgan fingerprint density at radius 3 is 2.79 bits per heavy atom. The van der Waals surface area contributed by atoms with Gasteiger partial charge in [0, 0.05) is 29.9 Å². The number of halogens is 1. The Morgan fingerprint density at radius 2 is 2.03 bits per heavy atom. The van der Waals surface area contributed by atoms with Crippen molar-refractivity contribution in [1.82, 2.24) is 9.58 Å². The molecule has 1 aliphatic carbocycles. The number of aliphatic imine (C=N–C) groups is 1. The summed E-state index contributed by atoms with van der Waals surface area (Å²) in [7, 11) is 0. The smallest absolute Gasteiger partial charge is 0.283 e. The Balaban J connectivity index is 1.49. The number of aromatic nitrogens is 1. The summed E-state index contributed by atoms with van der Waals surface area (Å²) in [5.74, 6) is -0.210. The molecule has 1 aromatic heterocycles. The summed E-state index contributed by atoms with van der Waals surface area (Å²) >= 11 is 7.68. The molecule has 0 radical (unpaired) electrons. The van der Waals surface area contributed by atoms with Crippen molar-refractivity contribution in [2.45, 2.75) is 32.1 Å². The predicted molar refractivity (Wildman–Crippen MR) is 129 cm³/mol. The van der Waals surface area contributed by atoms with Crippen LogP contribution in [0.2, 0.25) is 5.02 Å². The fraction of sp³-hybridized carbons (Fsp3) is 0.273. The van der Waals surface area contributed by atoms with Gasteiger partial charge >= 0.3 is 0 Å². The summed E-state index contributed by atoms with van der Waals surface area (Å²) in [5.41, 5.74) is 0.925. The first-order chi connectivity index (χ1) is 15.9. The van der Waals surface area contributed by atoms with Crippen molar-refractivity contribution in [2.24, 2.45) is 16.0 Å². The summed E-state index contributed by atoms with van der Waals surface area (Å²) in [6.07, 6.45) is 8.91. The van der Waals surface area contributed by atoms with E-state index < -0.39 is 10.8 Å². The lowest BCUT2D eigenvalue weighted by Gasteiger charge is -2.20. The van der Waals surface area contributed by atoms with Gasteiger partial charge in [0.2, 0.25) is 5.17 Å². The van der Waals surface area contributed by atoms with Crippen molar-refractivity contribution in [3.05, 3.63) is 62.9 Å². The molecule has 1 aromatic carbocycles. The molecule has 1 amide bonds. The molecule has 1 fully saturated rings. The average Bonchev–Trinajstić information content (AvgIpc) is 3.44. The Morgan fingerprint density at radius 1 is 1.24 bits per heavy atom. The maximum Gasteiger partial charge on any atom is 0.283 e. The van der Waals surface area contributed by atoms with Crippen molar-refractivity contribution in [1.29, 1.82) is 5.41 Å². The molecule has 0 saturated heterocycles. The number of hydrogen-bond acceptors (Lipinski definition) is 6. The van der Waals surface area contributed by atoms with Crippen LogP contribution < -0.4 is 0 Å². The second-order valence-corrected chi connectivity index (χ2v) is 9.38. The summed E-state index contributed by atoms with van der Waals surface area (Å²) in [6.45, 7) is 0. The highest BCUT2D eigenvalue weighted by molar-refractivity contribution is 8.27. The molecule has 3 heterocycles. The molecule has 0 spiro atoms. The van der Waals surface area contributed by atoms with E-state index in [1.807, 2.05) is 0 Å². The number of carbonyl (C=O) groups is 1. The molecule has 0 bridgehead atoms. The van der Waals surface area contributed by atoms with Crippen molar-refractivity contribution in [3.63, 3.8) is 0 Å². The Labute approximate surface area is 198 Å². The van der Waals surface area contributed by atoms with Crippen molar-refractivity contribution < 1.29 is 9.72 Å². The number of hydrazone groups is 1. The van der Waals surface area contributed by atoms with Gasteiger partial charge in [0.05, 0.1) is 21.2 Å². The van der Waals surface area contributed by atoms with Crippen molar-refractivity contribution >= 4 is 57.1 Å². The number of rotatable bonds is 4. The molecule has 1 saturated carbocycles. The molecule has 9 nitrogen and oxygen atoms in total. The lowest BCUT2D eigenvalue weighted by molar-refractivity contribution is -0.384. The fourth-order valence-corrected chi connectivity index (χ4v) is 5.47. The number of nitrogens with one attached hydrogen (secondary N) is 1. The molecule has 0 atom stereocenters. The number of nitrogens with zero attached hydrogens (tertiary/aromatic N) is 5. The van der Waals surface area contributed by atoms with Crippen molar-refractivity contribution in [3.8, 4) is 5.69 Å². The number of thioether (sulfide) groups is 1. The molecule has 3 aliphatic rings. The van der Waals surface area contributed by atoms with Crippen LogP contribution >= 0.6 is 23.4 Å². The van der Waals surface area contributed by atoms with Crippen molar-refractivity contribution in [2.75, 3.05) is 0 Å². The van der Waals surface area contributed by atoms with Crippen LogP contribution in [-0.2, 0) is 4.79 Å². The van der Waals surface area contributed by atoms with Crippen LogP contribution in [0.15, 0.2) is 52.2 Å². The fourth-order valence-electron chi connectivity index (χ4n) is 4.20. The summed E-state index contributed by atoms with van der Waals surface area (Å²) in [5, 5.41) is 27.5. The van der Waals surface area contributed by atoms with Gasteiger partial charge < -0.3 is 4.57 Å². The van der Waals surface area contributed by atoms with Crippen LogP contribution in [0.1, 0.15) is 37.8 Å². The molecule has 5 rings (SSSR count). The Hall–Kier alpha value is -3.24. The van der Waals surface area contributed by atoms with Gasteiger partial charge in [-0.25, -0.2) is 0 Å². The van der Waals surface area contributed by atoms with Gasteiger partial charge in [-0.2, -0.15) is 15.1 Å². The predicted octanol–water partition coefficient (Wildman–Crippen LogP) is 5.24. The lowest BCUT2D eigenvalue weighted by atomic mass is 9.90.